The molecule has 0 saturated carbocycles. The van der Waals surface area contributed by atoms with Crippen LogP contribution in [0.25, 0.3) is 0 Å². The molecule has 5 heteroatoms. The maximum Gasteiger partial charge on any atom is 0.162 e. The van der Waals surface area contributed by atoms with Crippen molar-refractivity contribution in [3.63, 3.8) is 0 Å². The molecule has 0 aliphatic heterocycles. The topological polar surface area (TPSA) is 74.3 Å². The van der Waals surface area contributed by atoms with Gasteiger partial charge in [-0.2, -0.15) is 0 Å². The molecule has 0 N–H and O–H groups in total. The summed E-state index contributed by atoms with van der Waals surface area (Å²) >= 11 is 0. The van der Waals surface area contributed by atoms with Gasteiger partial charge in [-0.05, 0) is 12.0 Å². The van der Waals surface area contributed by atoms with Crippen molar-refractivity contribution < 1.29 is 18.3 Å². The predicted octanol–water partition coefficient (Wildman–Crippen LogP) is 0.520. The van der Waals surface area contributed by atoms with Crippen molar-refractivity contribution in [1.29, 1.82) is 0 Å². The Morgan fingerprint density at radius 3 is 2.35 bits per heavy atom. The first-order valence-electron chi connectivity index (χ1n) is 5.43. The van der Waals surface area contributed by atoms with Crippen LogP contribution >= 0.6 is 0 Å². The van der Waals surface area contributed by atoms with E-state index in [9.17, 15) is 18.3 Å². The fraction of sp³-hybridized carbons (Fsp3) is 0.417. The molecule has 1 rings (SSSR count). The van der Waals surface area contributed by atoms with E-state index in [0.29, 0.717) is 12.0 Å². The molecule has 4 nitrogen and oxygen atoms in total. The van der Waals surface area contributed by atoms with Gasteiger partial charge in [-0.1, -0.05) is 43.7 Å². The number of carboxylic acids is 1. The summed E-state index contributed by atoms with van der Waals surface area (Å²) in [4.78, 5) is 10.8. The molecule has 1 atom stereocenters. The Morgan fingerprint density at radius 1 is 1.29 bits per heavy atom. The van der Waals surface area contributed by atoms with Crippen LogP contribution in [-0.2, 0) is 20.4 Å². The Bertz CT molecular complexity index is 465. The molecule has 0 radical (unpaired) electrons. The second-order valence-electron chi connectivity index (χ2n) is 3.89. The first-order chi connectivity index (χ1) is 7.97. The van der Waals surface area contributed by atoms with E-state index in [1.54, 1.807) is 37.3 Å². The normalized spacial score (nSPS) is 13.2. The molecule has 0 aromatic heterocycles. The minimum Gasteiger partial charge on any atom is -0.549 e. The van der Waals surface area contributed by atoms with Crippen molar-refractivity contribution in [3.05, 3.63) is 35.9 Å². The highest BCUT2D eigenvalue weighted by molar-refractivity contribution is 7.92. The minimum atomic E-state index is -3.70. The molecular weight excluding hydrogens is 240 g/mol. The van der Waals surface area contributed by atoms with Gasteiger partial charge in [0, 0.05) is 0 Å². The highest BCUT2D eigenvalue weighted by atomic mass is 32.2. The van der Waals surface area contributed by atoms with E-state index in [-0.39, 0.29) is 12.2 Å². The number of hydrogen-bond acceptors (Lipinski definition) is 4. The van der Waals surface area contributed by atoms with Gasteiger partial charge in [-0.25, -0.2) is 8.42 Å². The smallest absolute Gasteiger partial charge is 0.162 e. The summed E-state index contributed by atoms with van der Waals surface area (Å²) in [6.45, 7) is 1.74. The van der Waals surface area contributed by atoms with Crippen LogP contribution in [0.15, 0.2) is 30.3 Å². The number of rotatable bonds is 6. The monoisotopic (exact) mass is 255 g/mol. The van der Waals surface area contributed by atoms with Crippen LogP contribution in [0.2, 0.25) is 0 Å². The molecule has 0 heterocycles. The summed E-state index contributed by atoms with van der Waals surface area (Å²) in [7, 11) is -3.70. The molecule has 0 bridgehead atoms. The largest absolute Gasteiger partial charge is 0.549 e. The van der Waals surface area contributed by atoms with Gasteiger partial charge in [-0.3, -0.25) is 0 Å². The van der Waals surface area contributed by atoms with Gasteiger partial charge in [0.2, 0.25) is 0 Å². The maximum atomic E-state index is 11.9. The summed E-state index contributed by atoms with van der Waals surface area (Å²) in [6, 6.07) is 8.54. The van der Waals surface area contributed by atoms with Gasteiger partial charge in [0.1, 0.15) is 5.25 Å². The number of aliphatic carboxylic acids is 1. The van der Waals surface area contributed by atoms with Crippen molar-refractivity contribution in [2.45, 2.75) is 30.8 Å². The number of benzene rings is 1. The third-order valence-corrected chi connectivity index (χ3v) is 4.49. The number of sulfone groups is 1. The van der Waals surface area contributed by atoms with E-state index in [2.05, 4.69) is 0 Å². The van der Waals surface area contributed by atoms with Crippen LogP contribution < -0.4 is 5.11 Å². The van der Waals surface area contributed by atoms with Gasteiger partial charge < -0.3 is 9.90 Å². The molecule has 17 heavy (non-hydrogen) atoms. The maximum absolute atomic E-state index is 11.9. The van der Waals surface area contributed by atoms with Crippen LogP contribution in [0, 0.1) is 0 Å². The average Bonchev–Trinajstić information content (AvgIpc) is 2.26. The van der Waals surface area contributed by atoms with Crippen LogP contribution in [-0.4, -0.2) is 19.6 Å². The van der Waals surface area contributed by atoms with Crippen molar-refractivity contribution in [3.8, 4) is 0 Å². The third kappa shape index (κ3) is 3.85. The van der Waals surface area contributed by atoms with E-state index in [1.165, 1.54) is 0 Å². The van der Waals surface area contributed by atoms with Crippen molar-refractivity contribution >= 4 is 15.8 Å². The van der Waals surface area contributed by atoms with Crippen molar-refractivity contribution in [2.24, 2.45) is 0 Å². The molecule has 0 fully saturated rings. The molecule has 0 spiro atoms. The molecule has 1 aromatic rings. The predicted molar refractivity (Wildman–Crippen MR) is 62.8 cm³/mol. The lowest BCUT2D eigenvalue weighted by molar-refractivity contribution is -0.305. The van der Waals surface area contributed by atoms with Crippen LogP contribution in [0.3, 0.4) is 0 Å². The Labute approximate surface area is 101 Å². The summed E-state index contributed by atoms with van der Waals surface area (Å²) in [5.41, 5.74) is 0.592. The van der Waals surface area contributed by atoms with Crippen LogP contribution in [0.5, 0.6) is 0 Å². The quantitative estimate of drug-likeness (QED) is 0.742. The van der Waals surface area contributed by atoms with Gasteiger partial charge in [0.25, 0.3) is 0 Å². The summed E-state index contributed by atoms with van der Waals surface area (Å²) < 4.78 is 23.8. The summed E-state index contributed by atoms with van der Waals surface area (Å²) in [6.07, 6.45) is 0.587. The number of carbonyl (C=O) groups excluding carboxylic acids is 1. The van der Waals surface area contributed by atoms with Crippen LogP contribution in [0.1, 0.15) is 25.3 Å². The van der Waals surface area contributed by atoms with E-state index in [1.807, 2.05) is 0 Å². The SMILES string of the molecule is CCCC(C(=O)[O-])S(=O)(=O)Cc1ccccc1. The number of carboxylic acid groups (broad SMARTS) is 1. The van der Waals surface area contributed by atoms with E-state index >= 15 is 0 Å². The van der Waals surface area contributed by atoms with Crippen LogP contribution in [0.4, 0.5) is 0 Å². The highest BCUT2D eigenvalue weighted by Gasteiger charge is 2.25. The van der Waals surface area contributed by atoms with Gasteiger partial charge in [-0.15, -0.1) is 0 Å². The van der Waals surface area contributed by atoms with Gasteiger partial charge in [0.15, 0.2) is 9.84 Å². The molecule has 0 amide bonds. The first kappa shape index (κ1) is 13.7. The fourth-order valence-corrected chi connectivity index (χ4v) is 3.36. The third-order valence-electron chi connectivity index (χ3n) is 2.46. The molecule has 0 saturated heterocycles. The molecule has 0 aliphatic carbocycles. The van der Waals surface area contributed by atoms with Crippen molar-refractivity contribution in [2.75, 3.05) is 0 Å². The molecular formula is C12H15O4S-. The lowest BCUT2D eigenvalue weighted by Gasteiger charge is -2.17. The molecule has 1 unspecified atom stereocenters. The van der Waals surface area contributed by atoms with E-state index in [4.69, 9.17) is 0 Å². The zero-order valence-corrected chi connectivity index (χ0v) is 10.4. The lowest BCUT2D eigenvalue weighted by atomic mass is 10.2. The van der Waals surface area contributed by atoms with Gasteiger partial charge in [0.05, 0.1) is 11.7 Å². The Kier molecular flexibility index (Phi) is 4.69. The van der Waals surface area contributed by atoms with E-state index < -0.39 is 21.1 Å². The standard InChI is InChI=1S/C12H16O4S/c1-2-6-11(12(13)14)17(15,16)9-10-7-4-3-5-8-10/h3-5,7-8,11H,2,6,9H2,1H3,(H,13,14)/p-1. The Morgan fingerprint density at radius 2 is 1.88 bits per heavy atom. The molecule has 0 aliphatic rings. The minimum absolute atomic E-state index is 0.0947. The first-order valence-corrected chi connectivity index (χ1v) is 7.15. The Hall–Kier alpha value is -1.36. The number of hydrogen-bond donors (Lipinski definition) is 0. The second-order valence-corrected chi connectivity index (χ2v) is 6.07. The summed E-state index contributed by atoms with van der Waals surface area (Å²) in [5, 5.41) is 9.43. The van der Waals surface area contributed by atoms with Crippen molar-refractivity contribution in [1.82, 2.24) is 0 Å². The molecule has 94 valence electrons. The highest BCUT2D eigenvalue weighted by Crippen LogP contribution is 2.14. The zero-order valence-electron chi connectivity index (χ0n) is 9.63. The number of carbonyl (C=O) groups is 1. The average molecular weight is 255 g/mol. The summed E-state index contributed by atoms with van der Waals surface area (Å²) in [5.74, 6) is -1.77. The lowest BCUT2D eigenvalue weighted by Crippen LogP contribution is -2.41. The second kappa shape index (κ2) is 5.82. The zero-order chi connectivity index (χ0) is 12.9. The van der Waals surface area contributed by atoms with E-state index in [0.717, 1.165) is 0 Å². The van der Waals surface area contributed by atoms with Gasteiger partial charge >= 0.3 is 0 Å². The fourth-order valence-electron chi connectivity index (χ4n) is 1.61. The Balaban J connectivity index is 2.90. The molecule has 1 aromatic carbocycles.